The number of hydrogen-bond acceptors (Lipinski definition) is 4. The van der Waals surface area contributed by atoms with Gasteiger partial charge in [0.1, 0.15) is 11.7 Å². The molecule has 0 radical (unpaired) electrons. The maximum atomic E-state index is 12.5. The minimum absolute atomic E-state index is 0.118. The molecule has 0 N–H and O–H groups in total. The number of methoxy groups -OCH3 is 1. The Morgan fingerprint density at radius 2 is 2.40 bits per heavy atom. The van der Waals surface area contributed by atoms with Crippen molar-refractivity contribution in [3.8, 4) is 11.8 Å². The Morgan fingerprint density at radius 1 is 1.60 bits per heavy atom. The molecule has 5 heteroatoms. The average Bonchev–Trinajstić information content (AvgIpc) is 2.49. The summed E-state index contributed by atoms with van der Waals surface area (Å²) >= 11 is 5.96. The van der Waals surface area contributed by atoms with E-state index >= 15 is 0 Å². The van der Waals surface area contributed by atoms with Crippen LogP contribution in [0.5, 0.6) is 5.75 Å². The summed E-state index contributed by atoms with van der Waals surface area (Å²) in [5.41, 5.74) is 0.526. The third kappa shape index (κ3) is 3.12. The topological polar surface area (TPSA) is 59.3 Å². The molecular weight excluding hydrogens is 278 g/mol. The highest BCUT2D eigenvalue weighted by molar-refractivity contribution is 6.30. The van der Waals surface area contributed by atoms with Crippen LogP contribution in [0.15, 0.2) is 18.2 Å². The lowest BCUT2D eigenvalue weighted by Crippen LogP contribution is -2.29. The van der Waals surface area contributed by atoms with Gasteiger partial charge in [0.05, 0.1) is 19.8 Å². The third-order valence-corrected chi connectivity index (χ3v) is 3.71. The summed E-state index contributed by atoms with van der Waals surface area (Å²) in [5, 5.41) is 9.86. The molecule has 2 unspecified atom stereocenters. The van der Waals surface area contributed by atoms with Gasteiger partial charge in [0.25, 0.3) is 0 Å². The summed E-state index contributed by atoms with van der Waals surface area (Å²) in [7, 11) is 1.51. The Labute approximate surface area is 123 Å². The Balaban J connectivity index is 2.30. The van der Waals surface area contributed by atoms with Crippen molar-refractivity contribution in [2.75, 3.05) is 20.3 Å². The van der Waals surface area contributed by atoms with E-state index in [1.807, 2.05) is 0 Å². The van der Waals surface area contributed by atoms with Crippen molar-refractivity contribution >= 4 is 17.4 Å². The molecule has 1 saturated heterocycles. The van der Waals surface area contributed by atoms with Gasteiger partial charge in [-0.1, -0.05) is 11.6 Å². The second-order valence-corrected chi connectivity index (χ2v) is 5.20. The van der Waals surface area contributed by atoms with Crippen LogP contribution in [-0.4, -0.2) is 26.1 Å². The fourth-order valence-electron chi connectivity index (χ4n) is 2.42. The van der Waals surface area contributed by atoms with E-state index in [1.54, 1.807) is 18.2 Å². The molecule has 1 aliphatic heterocycles. The van der Waals surface area contributed by atoms with Crippen LogP contribution in [-0.2, 0) is 9.53 Å². The summed E-state index contributed by atoms with van der Waals surface area (Å²) < 4.78 is 10.6. The lowest BCUT2D eigenvalue weighted by atomic mass is 9.85. The third-order valence-electron chi connectivity index (χ3n) is 3.48. The van der Waals surface area contributed by atoms with Gasteiger partial charge in [-0.15, -0.1) is 0 Å². The van der Waals surface area contributed by atoms with Crippen LogP contribution in [0.2, 0.25) is 5.02 Å². The number of ketones is 1. The zero-order valence-electron chi connectivity index (χ0n) is 11.3. The number of rotatable bonds is 4. The van der Waals surface area contributed by atoms with Crippen LogP contribution in [0.25, 0.3) is 0 Å². The maximum Gasteiger partial charge on any atom is 0.159 e. The molecule has 0 aromatic heterocycles. The molecule has 1 aromatic carbocycles. The van der Waals surface area contributed by atoms with Crippen LogP contribution < -0.4 is 4.74 Å². The second-order valence-electron chi connectivity index (χ2n) is 4.76. The van der Waals surface area contributed by atoms with E-state index in [-0.39, 0.29) is 11.7 Å². The predicted molar refractivity (Wildman–Crippen MR) is 74.9 cm³/mol. The first-order valence-electron chi connectivity index (χ1n) is 6.52. The molecule has 2 rings (SSSR count). The lowest BCUT2D eigenvalue weighted by molar-refractivity contribution is -0.127. The largest absolute Gasteiger partial charge is 0.496 e. The fraction of sp³-hybridized carbons (Fsp3) is 0.467. The fourth-order valence-corrected chi connectivity index (χ4v) is 2.60. The van der Waals surface area contributed by atoms with Gasteiger partial charge in [-0.05, 0) is 31.0 Å². The summed E-state index contributed by atoms with van der Waals surface area (Å²) in [6, 6.07) is 7.04. The van der Waals surface area contributed by atoms with E-state index in [0.29, 0.717) is 29.5 Å². The van der Waals surface area contributed by atoms with Crippen LogP contribution in [0.4, 0.5) is 0 Å². The quantitative estimate of drug-likeness (QED) is 0.856. The molecule has 1 aliphatic rings. The van der Waals surface area contributed by atoms with Gasteiger partial charge in [0, 0.05) is 23.1 Å². The monoisotopic (exact) mass is 293 g/mol. The molecular formula is C15H16ClNO3. The number of ether oxygens (including phenoxy) is 2. The molecule has 0 spiro atoms. The van der Waals surface area contributed by atoms with Crippen molar-refractivity contribution in [1.82, 2.24) is 0 Å². The van der Waals surface area contributed by atoms with Crippen molar-refractivity contribution in [3.05, 3.63) is 28.8 Å². The Morgan fingerprint density at radius 3 is 3.00 bits per heavy atom. The minimum Gasteiger partial charge on any atom is -0.496 e. The maximum absolute atomic E-state index is 12.5. The highest BCUT2D eigenvalue weighted by Gasteiger charge is 2.31. The van der Waals surface area contributed by atoms with Crippen LogP contribution >= 0.6 is 11.6 Å². The molecule has 20 heavy (non-hydrogen) atoms. The normalized spacial score (nSPS) is 19.9. The molecule has 2 atom stereocenters. The van der Waals surface area contributed by atoms with Gasteiger partial charge in [-0.2, -0.15) is 5.26 Å². The van der Waals surface area contributed by atoms with Gasteiger partial charge >= 0.3 is 0 Å². The zero-order chi connectivity index (χ0) is 14.5. The smallest absolute Gasteiger partial charge is 0.159 e. The molecule has 0 aliphatic carbocycles. The van der Waals surface area contributed by atoms with E-state index in [2.05, 4.69) is 6.07 Å². The van der Waals surface area contributed by atoms with Crippen molar-refractivity contribution in [1.29, 1.82) is 5.26 Å². The van der Waals surface area contributed by atoms with Crippen molar-refractivity contribution in [2.45, 2.75) is 18.8 Å². The van der Waals surface area contributed by atoms with Crippen LogP contribution in [0, 0.1) is 17.2 Å². The standard InChI is InChI=1S/C15H16ClNO3/c1-19-14-5-4-11(16)7-12(14)13(8-17)15(18)10-3-2-6-20-9-10/h4-5,7,10,13H,2-3,6,9H2,1H3. The molecule has 1 fully saturated rings. The highest BCUT2D eigenvalue weighted by Crippen LogP contribution is 2.32. The Kier molecular flexibility index (Phi) is 4.99. The van der Waals surface area contributed by atoms with Crippen LogP contribution in [0.3, 0.4) is 0 Å². The summed E-state index contributed by atoms with van der Waals surface area (Å²) in [4.78, 5) is 12.5. The molecule has 106 valence electrons. The Bertz CT molecular complexity index is 532. The van der Waals surface area contributed by atoms with E-state index < -0.39 is 5.92 Å². The van der Waals surface area contributed by atoms with Crippen molar-refractivity contribution in [2.24, 2.45) is 5.92 Å². The van der Waals surface area contributed by atoms with Gasteiger partial charge in [0.2, 0.25) is 0 Å². The number of hydrogen-bond donors (Lipinski definition) is 0. The molecule has 4 nitrogen and oxygen atoms in total. The van der Waals surface area contributed by atoms with E-state index in [9.17, 15) is 10.1 Å². The van der Waals surface area contributed by atoms with Crippen molar-refractivity contribution in [3.63, 3.8) is 0 Å². The number of carbonyl (C=O) groups is 1. The summed E-state index contributed by atoms with van der Waals surface area (Å²) in [6.07, 6.45) is 1.61. The SMILES string of the molecule is COc1ccc(Cl)cc1C(C#N)C(=O)C1CCCOC1. The number of Topliss-reactive ketones (excluding diaryl/α,β-unsaturated/α-hetero) is 1. The van der Waals surface area contributed by atoms with Gasteiger partial charge < -0.3 is 9.47 Å². The number of benzene rings is 1. The zero-order valence-corrected chi connectivity index (χ0v) is 12.0. The second kappa shape index (κ2) is 6.74. The first-order valence-corrected chi connectivity index (χ1v) is 6.89. The van der Waals surface area contributed by atoms with Crippen LogP contribution in [0.1, 0.15) is 24.3 Å². The number of halogens is 1. The highest BCUT2D eigenvalue weighted by atomic mass is 35.5. The van der Waals surface area contributed by atoms with Gasteiger partial charge in [-0.25, -0.2) is 0 Å². The molecule has 0 bridgehead atoms. The van der Waals surface area contributed by atoms with Crippen molar-refractivity contribution < 1.29 is 14.3 Å². The number of carbonyl (C=O) groups excluding carboxylic acids is 1. The first kappa shape index (κ1) is 14.8. The average molecular weight is 294 g/mol. The molecule has 0 amide bonds. The molecule has 0 saturated carbocycles. The first-order chi connectivity index (χ1) is 9.67. The minimum atomic E-state index is -0.865. The summed E-state index contributed by atoms with van der Waals surface area (Å²) in [5.74, 6) is -0.703. The van der Waals surface area contributed by atoms with E-state index in [0.717, 1.165) is 12.8 Å². The molecule has 1 aromatic rings. The summed E-state index contributed by atoms with van der Waals surface area (Å²) in [6.45, 7) is 1.07. The van der Waals surface area contributed by atoms with E-state index in [4.69, 9.17) is 21.1 Å². The predicted octanol–water partition coefficient (Wildman–Crippen LogP) is 2.95. The van der Waals surface area contributed by atoms with E-state index in [1.165, 1.54) is 7.11 Å². The number of nitriles is 1. The van der Waals surface area contributed by atoms with Gasteiger partial charge in [-0.3, -0.25) is 4.79 Å². The lowest BCUT2D eigenvalue weighted by Gasteiger charge is -2.23. The number of nitrogens with zero attached hydrogens (tertiary/aromatic N) is 1. The molecule has 1 heterocycles. The van der Waals surface area contributed by atoms with Gasteiger partial charge in [0.15, 0.2) is 5.78 Å². The Hall–Kier alpha value is -1.57.